The number of carbonyl (C=O) groups is 1. The van der Waals surface area contributed by atoms with Crippen molar-refractivity contribution in [1.29, 1.82) is 0 Å². The Labute approximate surface area is 95.2 Å². The lowest BCUT2D eigenvalue weighted by Gasteiger charge is -2.17. The van der Waals surface area contributed by atoms with Gasteiger partial charge in [-0.1, -0.05) is 12.1 Å². The predicted octanol–water partition coefficient (Wildman–Crippen LogP) is 1.19. The number of primary amides is 1. The van der Waals surface area contributed by atoms with Crippen molar-refractivity contribution in [2.75, 3.05) is 18.5 Å². The van der Waals surface area contributed by atoms with Gasteiger partial charge in [0.1, 0.15) is 0 Å². The summed E-state index contributed by atoms with van der Waals surface area (Å²) in [6.07, 6.45) is 2.32. The summed E-state index contributed by atoms with van der Waals surface area (Å²) < 4.78 is 0. The van der Waals surface area contributed by atoms with Gasteiger partial charge in [0.25, 0.3) is 0 Å². The summed E-state index contributed by atoms with van der Waals surface area (Å²) in [6, 6.07) is 7.45. The molecule has 0 saturated heterocycles. The van der Waals surface area contributed by atoms with Gasteiger partial charge < -0.3 is 11.5 Å². The van der Waals surface area contributed by atoms with Gasteiger partial charge in [0, 0.05) is 24.7 Å². The molecule has 1 aliphatic carbocycles. The number of nitrogens with zero attached hydrogens (tertiary/aromatic N) is 1. The second kappa shape index (κ2) is 3.79. The molecule has 0 heterocycles. The highest BCUT2D eigenvalue weighted by molar-refractivity contribution is 5.89. The first-order valence-corrected chi connectivity index (χ1v) is 5.43. The van der Waals surface area contributed by atoms with Crippen LogP contribution < -0.4 is 16.4 Å². The molecule has 0 bridgehead atoms. The number of carbonyl (C=O) groups excluding carboxylic acids is 1. The topological polar surface area (TPSA) is 72.3 Å². The number of amides is 2. The Morgan fingerprint density at radius 1 is 1.38 bits per heavy atom. The molecule has 0 atom stereocenters. The molecule has 0 unspecified atom stereocenters. The maximum Gasteiger partial charge on any atom is 0.318 e. The molecule has 86 valence electrons. The Morgan fingerprint density at radius 2 is 1.94 bits per heavy atom. The van der Waals surface area contributed by atoms with Crippen molar-refractivity contribution in [1.82, 2.24) is 0 Å². The summed E-state index contributed by atoms with van der Waals surface area (Å²) in [5.41, 5.74) is 13.2. The largest absolute Gasteiger partial charge is 0.351 e. The smallest absolute Gasteiger partial charge is 0.318 e. The predicted molar refractivity (Wildman–Crippen MR) is 64.4 cm³/mol. The maximum absolute atomic E-state index is 11.0. The summed E-state index contributed by atoms with van der Waals surface area (Å²) in [5.74, 6) is 0. The number of benzene rings is 1. The SMILES string of the molecule is CN(C(N)=O)c1ccc(C2(CN)CC2)cc1. The highest BCUT2D eigenvalue weighted by atomic mass is 16.2. The Bertz CT molecular complexity index is 395. The van der Waals surface area contributed by atoms with Crippen LogP contribution in [0.5, 0.6) is 0 Å². The third-order valence-corrected chi connectivity index (χ3v) is 3.44. The van der Waals surface area contributed by atoms with Crippen LogP contribution in [0.1, 0.15) is 18.4 Å². The van der Waals surface area contributed by atoms with E-state index in [1.807, 2.05) is 24.3 Å². The molecule has 1 saturated carbocycles. The summed E-state index contributed by atoms with van der Waals surface area (Å²) in [6.45, 7) is 0.692. The normalized spacial score (nSPS) is 16.9. The van der Waals surface area contributed by atoms with Gasteiger partial charge in [-0.2, -0.15) is 0 Å². The van der Waals surface area contributed by atoms with E-state index in [9.17, 15) is 4.79 Å². The van der Waals surface area contributed by atoms with E-state index in [4.69, 9.17) is 11.5 Å². The average Bonchev–Trinajstić information content (AvgIpc) is 3.09. The molecule has 4 heteroatoms. The summed E-state index contributed by atoms with van der Waals surface area (Å²) in [7, 11) is 1.66. The molecule has 1 aliphatic rings. The number of rotatable bonds is 3. The molecule has 0 aromatic heterocycles. The van der Waals surface area contributed by atoms with Crippen molar-refractivity contribution >= 4 is 11.7 Å². The third-order valence-electron chi connectivity index (χ3n) is 3.44. The molecule has 2 rings (SSSR count). The molecule has 4 nitrogen and oxygen atoms in total. The van der Waals surface area contributed by atoms with E-state index < -0.39 is 6.03 Å². The quantitative estimate of drug-likeness (QED) is 0.801. The molecular weight excluding hydrogens is 202 g/mol. The zero-order valence-electron chi connectivity index (χ0n) is 9.44. The lowest BCUT2D eigenvalue weighted by Crippen LogP contribution is -2.31. The van der Waals surface area contributed by atoms with Gasteiger partial charge in [-0.3, -0.25) is 4.90 Å². The average molecular weight is 219 g/mol. The monoisotopic (exact) mass is 219 g/mol. The molecule has 16 heavy (non-hydrogen) atoms. The molecule has 0 spiro atoms. The second-order valence-corrected chi connectivity index (χ2v) is 4.43. The number of hydrogen-bond donors (Lipinski definition) is 2. The molecule has 1 aromatic carbocycles. The first-order valence-electron chi connectivity index (χ1n) is 5.43. The van der Waals surface area contributed by atoms with E-state index in [0.717, 1.165) is 18.5 Å². The summed E-state index contributed by atoms with van der Waals surface area (Å²) in [5, 5.41) is 0. The first kappa shape index (κ1) is 11.0. The molecular formula is C12H17N3O. The van der Waals surface area contributed by atoms with Crippen LogP contribution in [0.3, 0.4) is 0 Å². The van der Waals surface area contributed by atoms with Crippen molar-refractivity contribution in [3.05, 3.63) is 29.8 Å². The molecule has 1 aromatic rings. The number of hydrogen-bond acceptors (Lipinski definition) is 2. The van der Waals surface area contributed by atoms with Crippen molar-refractivity contribution in [3.8, 4) is 0 Å². The molecule has 1 fully saturated rings. The molecule has 2 amide bonds. The van der Waals surface area contributed by atoms with Crippen molar-refractivity contribution in [2.24, 2.45) is 11.5 Å². The standard InChI is InChI=1S/C12H17N3O/c1-15(11(14)16)10-4-2-9(3-5-10)12(8-13)6-7-12/h2-5H,6-8,13H2,1H3,(H2,14,16). The second-order valence-electron chi connectivity index (χ2n) is 4.43. The Morgan fingerprint density at radius 3 is 2.31 bits per heavy atom. The number of urea groups is 1. The zero-order valence-corrected chi connectivity index (χ0v) is 9.44. The van der Waals surface area contributed by atoms with Gasteiger partial charge in [-0.15, -0.1) is 0 Å². The Hall–Kier alpha value is -1.55. The van der Waals surface area contributed by atoms with Gasteiger partial charge in [0.05, 0.1) is 0 Å². The summed E-state index contributed by atoms with van der Waals surface area (Å²) in [4.78, 5) is 12.4. The van der Waals surface area contributed by atoms with E-state index in [2.05, 4.69) is 0 Å². The fourth-order valence-electron chi connectivity index (χ4n) is 1.93. The Balaban J connectivity index is 2.20. The molecule has 4 N–H and O–H groups in total. The van der Waals surface area contributed by atoms with Crippen molar-refractivity contribution < 1.29 is 4.79 Å². The number of nitrogens with two attached hydrogens (primary N) is 2. The van der Waals surface area contributed by atoms with E-state index in [1.54, 1.807) is 7.05 Å². The van der Waals surface area contributed by atoms with Crippen LogP contribution in [0, 0.1) is 0 Å². The minimum absolute atomic E-state index is 0.198. The van der Waals surface area contributed by atoms with Crippen LogP contribution >= 0.6 is 0 Å². The van der Waals surface area contributed by atoms with Crippen LogP contribution in [-0.4, -0.2) is 19.6 Å². The highest BCUT2D eigenvalue weighted by Gasteiger charge is 2.42. The lowest BCUT2D eigenvalue weighted by atomic mass is 9.96. The minimum Gasteiger partial charge on any atom is -0.351 e. The van der Waals surface area contributed by atoms with Gasteiger partial charge >= 0.3 is 6.03 Å². The molecule has 0 aliphatic heterocycles. The van der Waals surface area contributed by atoms with Gasteiger partial charge in [-0.25, -0.2) is 4.79 Å². The van der Waals surface area contributed by atoms with Crippen LogP contribution in [0.4, 0.5) is 10.5 Å². The van der Waals surface area contributed by atoms with Gasteiger partial charge in [0.2, 0.25) is 0 Å². The van der Waals surface area contributed by atoms with Crippen LogP contribution in [0.25, 0.3) is 0 Å². The van der Waals surface area contributed by atoms with Crippen LogP contribution in [-0.2, 0) is 5.41 Å². The van der Waals surface area contributed by atoms with Crippen LogP contribution in [0.2, 0.25) is 0 Å². The van der Waals surface area contributed by atoms with Crippen molar-refractivity contribution in [2.45, 2.75) is 18.3 Å². The fourth-order valence-corrected chi connectivity index (χ4v) is 1.93. The maximum atomic E-state index is 11.0. The van der Waals surface area contributed by atoms with E-state index in [1.165, 1.54) is 10.5 Å². The fraction of sp³-hybridized carbons (Fsp3) is 0.417. The minimum atomic E-state index is -0.451. The Kier molecular flexibility index (Phi) is 2.59. The van der Waals surface area contributed by atoms with E-state index in [-0.39, 0.29) is 5.41 Å². The van der Waals surface area contributed by atoms with Gasteiger partial charge in [-0.05, 0) is 30.5 Å². The van der Waals surface area contributed by atoms with E-state index >= 15 is 0 Å². The third kappa shape index (κ3) is 1.76. The lowest BCUT2D eigenvalue weighted by molar-refractivity contribution is 0.255. The molecule has 0 radical (unpaired) electrons. The van der Waals surface area contributed by atoms with E-state index in [0.29, 0.717) is 6.54 Å². The van der Waals surface area contributed by atoms with Gasteiger partial charge in [0.15, 0.2) is 0 Å². The van der Waals surface area contributed by atoms with Crippen LogP contribution in [0.15, 0.2) is 24.3 Å². The first-order chi connectivity index (χ1) is 7.59. The van der Waals surface area contributed by atoms with Crippen molar-refractivity contribution in [3.63, 3.8) is 0 Å². The summed E-state index contributed by atoms with van der Waals surface area (Å²) >= 11 is 0. The highest BCUT2D eigenvalue weighted by Crippen LogP contribution is 2.47. The number of anilines is 1. The zero-order chi connectivity index (χ0) is 11.8.